The number of piperazine rings is 1. The molecular weight excluding hydrogens is 741 g/mol. The highest BCUT2D eigenvalue weighted by atomic mass is 19.1. The molecule has 5 fully saturated rings. The van der Waals surface area contributed by atoms with Gasteiger partial charge in [0.25, 0.3) is 6.29 Å². The number of amides is 1. The first-order valence-corrected chi connectivity index (χ1v) is 19.8. The zero-order valence-corrected chi connectivity index (χ0v) is 31.6. The average molecular weight is 785 g/mol. The number of esters is 1. The molecule has 5 aliphatic rings. The minimum absolute atomic E-state index is 0.0160. The number of carbonyl (C=O) groups excluding carboxylic acids is 2. The minimum atomic E-state index is -0.982. The van der Waals surface area contributed by atoms with Gasteiger partial charge in [0.15, 0.2) is 5.82 Å². The normalized spacial score (nSPS) is 24.8. The highest BCUT2D eigenvalue weighted by Gasteiger charge is 2.50. The van der Waals surface area contributed by atoms with Crippen molar-refractivity contribution in [2.75, 3.05) is 37.7 Å². The van der Waals surface area contributed by atoms with Crippen molar-refractivity contribution >= 4 is 39.6 Å². The maximum atomic E-state index is 17.1. The largest absolute Gasteiger partial charge is 0.508 e. The molecule has 12 nitrogen and oxygen atoms in total. The topological polar surface area (TPSA) is 130 Å². The number of nitrogens with zero attached hydrogens (tertiary/aromatic N) is 6. The number of phenolic OH excluding ortho intramolecular Hbond substituents is 1. The Morgan fingerprint density at radius 2 is 1.88 bits per heavy atom. The molecule has 15 heteroatoms. The van der Waals surface area contributed by atoms with E-state index in [4.69, 9.17) is 25.6 Å². The summed E-state index contributed by atoms with van der Waals surface area (Å²) in [4.78, 5) is 45.7. The molecule has 298 valence electrons. The van der Waals surface area contributed by atoms with E-state index in [-0.39, 0.29) is 75.9 Å². The van der Waals surface area contributed by atoms with E-state index in [9.17, 15) is 23.5 Å². The maximum absolute atomic E-state index is 17.1. The summed E-state index contributed by atoms with van der Waals surface area (Å²) < 4.78 is 64.5. The summed E-state index contributed by atoms with van der Waals surface area (Å²) in [7, 11) is 0. The molecule has 2 bridgehead atoms. The summed E-state index contributed by atoms with van der Waals surface area (Å²) in [6, 6.07) is 4.67. The van der Waals surface area contributed by atoms with E-state index in [1.807, 2.05) is 11.8 Å². The van der Waals surface area contributed by atoms with Crippen LogP contribution in [-0.2, 0) is 14.3 Å². The van der Waals surface area contributed by atoms with Crippen molar-refractivity contribution in [2.45, 2.75) is 94.8 Å². The number of benzene rings is 2. The van der Waals surface area contributed by atoms with Crippen molar-refractivity contribution in [3.8, 4) is 35.4 Å². The summed E-state index contributed by atoms with van der Waals surface area (Å²) >= 11 is 0. The molecule has 5 atom stereocenters. The second-order valence-corrected chi connectivity index (χ2v) is 16.1. The fourth-order valence-corrected chi connectivity index (χ4v) is 9.43. The van der Waals surface area contributed by atoms with Crippen LogP contribution in [0.25, 0.3) is 32.9 Å². The number of phenols is 1. The second kappa shape index (κ2) is 14.5. The van der Waals surface area contributed by atoms with E-state index in [1.54, 1.807) is 4.90 Å². The third-order valence-corrected chi connectivity index (χ3v) is 12.2. The molecule has 6 heterocycles. The van der Waals surface area contributed by atoms with Gasteiger partial charge in [-0.05, 0) is 75.1 Å². The summed E-state index contributed by atoms with van der Waals surface area (Å²) in [5, 5.41) is 11.5. The van der Waals surface area contributed by atoms with Crippen molar-refractivity contribution in [1.29, 1.82) is 0 Å². The molecule has 2 aromatic heterocycles. The van der Waals surface area contributed by atoms with Gasteiger partial charge in [-0.15, -0.1) is 6.42 Å². The summed E-state index contributed by atoms with van der Waals surface area (Å²) in [6.07, 6.45) is 10.5. The van der Waals surface area contributed by atoms with Crippen molar-refractivity contribution < 1.29 is 42.1 Å². The van der Waals surface area contributed by atoms with Crippen LogP contribution in [0.1, 0.15) is 70.3 Å². The van der Waals surface area contributed by atoms with Crippen LogP contribution >= 0.6 is 0 Å². The van der Waals surface area contributed by atoms with E-state index in [0.29, 0.717) is 56.5 Å². The predicted octanol–water partition coefficient (Wildman–Crippen LogP) is 6.63. The number of anilines is 1. The molecule has 0 spiro atoms. The van der Waals surface area contributed by atoms with Gasteiger partial charge in [-0.3, -0.25) is 19.6 Å². The lowest BCUT2D eigenvalue weighted by Crippen LogP contribution is -2.56. The van der Waals surface area contributed by atoms with Gasteiger partial charge in [0.1, 0.15) is 41.4 Å². The van der Waals surface area contributed by atoms with Crippen molar-refractivity contribution in [2.24, 2.45) is 5.92 Å². The lowest BCUT2D eigenvalue weighted by atomic mass is 9.95. The van der Waals surface area contributed by atoms with Crippen molar-refractivity contribution in [1.82, 2.24) is 24.8 Å². The van der Waals surface area contributed by atoms with E-state index in [1.165, 1.54) is 30.5 Å². The summed E-state index contributed by atoms with van der Waals surface area (Å²) in [5.41, 5.74) is -0.885. The molecule has 4 aromatic rings. The minimum Gasteiger partial charge on any atom is -0.508 e. The summed E-state index contributed by atoms with van der Waals surface area (Å²) in [5.74, 6) is 0.549. The number of carbonyl (C=O) groups is 2. The first-order chi connectivity index (χ1) is 27.6. The van der Waals surface area contributed by atoms with Crippen LogP contribution in [0.5, 0.6) is 11.8 Å². The average Bonchev–Trinajstić information content (AvgIpc) is 3.82. The molecule has 4 aliphatic heterocycles. The number of fused-ring (bicyclic) bond motifs is 5. The first-order valence-electron chi connectivity index (χ1n) is 19.8. The number of hydrogen-bond acceptors (Lipinski definition) is 11. The SMILES string of the molecule is C#Cc1c(F)ccc2cc(O)cc(-c3ncc4c(N5CC6CCC(C5)N6C(=O)OC(OC(=O)CCC)C5CC5)nc(OC[C@@]56CCCN5C[C@H](F)C6)nc4c3F)c12. The number of halogens is 3. The van der Waals surface area contributed by atoms with Crippen LogP contribution in [0.2, 0.25) is 0 Å². The number of rotatable bonds is 10. The Hall–Kier alpha value is -5.36. The van der Waals surface area contributed by atoms with Crippen molar-refractivity contribution in [3.63, 3.8) is 0 Å². The molecule has 2 aromatic carbocycles. The number of pyridine rings is 1. The number of aromatic nitrogens is 3. The molecule has 9 rings (SSSR count). The molecule has 4 saturated heterocycles. The molecule has 1 N–H and O–H groups in total. The van der Waals surface area contributed by atoms with Gasteiger partial charge in [-0.1, -0.05) is 18.9 Å². The lowest BCUT2D eigenvalue weighted by molar-refractivity contribution is -0.173. The van der Waals surface area contributed by atoms with Gasteiger partial charge in [0.05, 0.1) is 28.6 Å². The number of aromatic hydroxyl groups is 1. The molecule has 1 saturated carbocycles. The molecule has 3 unspecified atom stereocenters. The van der Waals surface area contributed by atoms with Crippen LogP contribution in [0.15, 0.2) is 30.5 Å². The maximum Gasteiger partial charge on any atom is 0.413 e. The van der Waals surface area contributed by atoms with Gasteiger partial charge in [0.2, 0.25) is 0 Å². The Morgan fingerprint density at radius 1 is 1.09 bits per heavy atom. The second-order valence-electron chi connectivity index (χ2n) is 16.1. The number of hydrogen-bond donors (Lipinski definition) is 1. The third-order valence-electron chi connectivity index (χ3n) is 12.2. The van der Waals surface area contributed by atoms with Crippen molar-refractivity contribution in [3.05, 3.63) is 47.7 Å². The Kier molecular flexibility index (Phi) is 9.50. The fraction of sp³-hybridized carbons (Fsp3) is 0.500. The molecule has 1 aliphatic carbocycles. The Bertz CT molecular complexity index is 2310. The summed E-state index contributed by atoms with van der Waals surface area (Å²) in [6.45, 7) is 3.72. The fourth-order valence-electron chi connectivity index (χ4n) is 9.43. The Labute approximate surface area is 327 Å². The van der Waals surface area contributed by atoms with E-state index >= 15 is 4.39 Å². The standard InChI is InChI=1S/C42H43F3N6O6/c1-3-6-33(53)56-39(23-7-8-23)57-41(54)51-26-10-11-27(51)21-49(20-26)38-31-18-46-36(30-16-28(52)15-24-9-12-32(44)29(4-2)34(24)30)35(45)37(31)47-40(48-38)55-22-42-13-5-14-50(42)19-25(43)17-42/h2,9,12,15-16,18,23,25-27,39,52H,3,5-8,10-11,13-14,17,19-22H2,1H3/t25-,26?,27?,39?,42+/m1/s1. The third kappa shape index (κ3) is 6.71. The van der Waals surface area contributed by atoms with Gasteiger partial charge >= 0.3 is 18.1 Å². The monoisotopic (exact) mass is 784 g/mol. The van der Waals surface area contributed by atoms with Crippen LogP contribution in [-0.4, -0.2) is 105 Å². The highest BCUT2D eigenvalue weighted by Crippen LogP contribution is 2.43. The van der Waals surface area contributed by atoms with Gasteiger partial charge in [-0.25, -0.2) is 18.0 Å². The van der Waals surface area contributed by atoms with Gasteiger partial charge < -0.3 is 24.2 Å². The number of alkyl halides is 1. The van der Waals surface area contributed by atoms with Crippen LogP contribution in [0, 0.1) is 29.9 Å². The zero-order valence-electron chi connectivity index (χ0n) is 31.6. The highest BCUT2D eigenvalue weighted by molar-refractivity contribution is 6.03. The number of ether oxygens (including phenoxy) is 3. The van der Waals surface area contributed by atoms with Gasteiger partial charge in [0, 0.05) is 55.5 Å². The molecule has 57 heavy (non-hydrogen) atoms. The predicted molar refractivity (Wildman–Crippen MR) is 203 cm³/mol. The zero-order chi connectivity index (χ0) is 39.6. The van der Waals surface area contributed by atoms with Crippen LogP contribution in [0.4, 0.5) is 23.8 Å². The van der Waals surface area contributed by atoms with E-state index in [2.05, 4.69) is 20.8 Å². The van der Waals surface area contributed by atoms with E-state index < -0.39 is 41.7 Å². The van der Waals surface area contributed by atoms with Crippen LogP contribution in [0.3, 0.4) is 0 Å². The quantitative estimate of drug-likeness (QED) is 0.106. The van der Waals surface area contributed by atoms with Gasteiger partial charge in [-0.2, -0.15) is 9.97 Å². The number of terminal acetylenes is 1. The smallest absolute Gasteiger partial charge is 0.413 e. The first kappa shape index (κ1) is 37.2. The van der Waals surface area contributed by atoms with E-state index in [0.717, 1.165) is 32.2 Å². The molecule has 0 radical (unpaired) electrons. The molecular formula is C42H43F3N6O6. The lowest BCUT2D eigenvalue weighted by Gasteiger charge is -2.41. The Morgan fingerprint density at radius 3 is 2.61 bits per heavy atom. The molecule has 1 amide bonds. The van der Waals surface area contributed by atoms with Crippen LogP contribution < -0.4 is 9.64 Å². The Balaban J connectivity index is 1.08.